The van der Waals surface area contributed by atoms with Crippen LogP contribution in [0.3, 0.4) is 0 Å². The monoisotopic (exact) mass is 211 g/mol. The Morgan fingerprint density at radius 1 is 1.38 bits per heavy atom. The minimum absolute atomic E-state index is 0.446. The van der Waals surface area contributed by atoms with Crippen molar-refractivity contribution >= 4 is 22.7 Å². The number of hydrogen-bond acceptors (Lipinski definition) is 4. The third-order valence-corrected chi connectivity index (χ3v) is 3.49. The largest absolute Gasteiger partial charge is 0.386 e. The van der Waals surface area contributed by atoms with Crippen molar-refractivity contribution in [1.82, 2.24) is 4.98 Å². The predicted molar refractivity (Wildman–Crippen MR) is 55.1 cm³/mol. The molecule has 68 valence electrons. The Kier molecular flexibility index (Phi) is 2.73. The zero-order valence-electron chi connectivity index (χ0n) is 6.88. The fourth-order valence-corrected chi connectivity index (χ4v) is 2.47. The number of thiazole rings is 1. The Balaban J connectivity index is 2.04. The van der Waals surface area contributed by atoms with E-state index in [1.807, 2.05) is 22.9 Å². The molecule has 2 nitrogen and oxygen atoms in total. The summed E-state index contributed by atoms with van der Waals surface area (Å²) in [5.41, 5.74) is 0. The summed E-state index contributed by atoms with van der Waals surface area (Å²) in [6.45, 7) is 0. The molecule has 0 amide bonds. The van der Waals surface area contributed by atoms with Crippen molar-refractivity contribution < 1.29 is 5.11 Å². The smallest absolute Gasteiger partial charge is 0.122 e. The standard InChI is InChI=1S/C9H9NOS2/c11-8(9-10-3-5-13-9)6-7-2-1-4-12-7/h1-5,8,11H,6H2. The van der Waals surface area contributed by atoms with Crippen molar-refractivity contribution in [2.45, 2.75) is 12.5 Å². The van der Waals surface area contributed by atoms with Gasteiger partial charge in [0.15, 0.2) is 0 Å². The van der Waals surface area contributed by atoms with Gasteiger partial charge < -0.3 is 5.11 Å². The van der Waals surface area contributed by atoms with Crippen LogP contribution < -0.4 is 0 Å². The fraction of sp³-hybridized carbons (Fsp3) is 0.222. The highest BCUT2D eigenvalue weighted by Crippen LogP contribution is 2.22. The lowest BCUT2D eigenvalue weighted by atomic mass is 10.2. The van der Waals surface area contributed by atoms with E-state index in [1.165, 1.54) is 16.2 Å². The first-order chi connectivity index (χ1) is 6.36. The van der Waals surface area contributed by atoms with Gasteiger partial charge in [-0.15, -0.1) is 22.7 Å². The molecule has 0 aromatic carbocycles. The highest BCUT2D eigenvalue weighted by atomic mass is 32.1. The molecule has 0 fully saturated rings. The maximum atomic E-state index is 9.74. The molecule has 2 aromatic rings. The van der Waals surface area contributed by atoms with Crippen LogP contribution in [-0.2, 0) is 6.42 Å². The van der Waals surface area contributed by atoms with E-state index in [0.717, 1.165) is 5.01 Å². The molecule has 0 spiro atoms. The summed E-state index contributed by atoms with van der Waals surface area (Å²) in [6, 6.07) is 4.02. The molecule has 0 aliphatic heterocycles. The summed E-state index contributed by atoms with van der Waals surface area (Å²) in [7, 11) is 0. The molecule has 4 heteroatoms. The molecule has 0 radical (unpaired) electrons. The number of aliphatic hydroxyl groups excluding tert-OH is 1. The number of nitrogens with zero attached hydrogens (tertiary/aromatic N) is 1. The quantitative estimate of drug-likeness (QED) is 0.846. The van der Waals surface area contributed by atoms with Crippen LogP contribution in [0.1, 0.15) is 16.0 Å². The summed E-state index contributed by atoms with van der Waals surface area (Å²) in [5.74, 6) is 0. The van der Waals surface area contributed by atoms with Gasteiger partial charge in [-0.25, -0.2) is 4.98 Å². The van der Waals surface area contributed by atoms with Crippen molar-refractivity contribution in [1.29, 1.82) is 0 Å². The van der Waals surface area contributed by atoms with Gasteiger partial charge in [0.05, 0.1) is 0 Å². The lowest BCUT2D eigenvalue weighted by Crippen LogP contribution is -1.99. The van der Waals surface area contributed by atoms with E-state index in [2.05, 4.69) is 4.98 Å². The van der Waals surface area contributed by atoms with E-state index in [4.69, 9.17) is 0 Å². The molecule has 1 N–H and O–H groups in total. The van der Waals surface area contributed by atoms with E-state index in [9.17, 15) is 5.11 Å². The summed E-state index contributed by atoms with van der Waals surface area (Å²) < 4.78 is 0. The molecule has 0 aliphatic carbocycles. The molecule has 0 bridgehead atoms. The van der Waals surface area contributed by atoms with Crippen molar-refractivity contribution in [2.24, 2.45) is 0 Å². The molecule has 1 unspecified atom stereocenters. The number of thiophene rings is 1. The van der Waals surface area contributed by atoms with E-state index < -0.39 is 6.10 Å². The molecule has 13 heavy (non-hydrogen) atoms. The van der Waals surface area contributed by atoms with Gasteiger partial charge in [-0.2, -0.15) is 0 Å². The van der Waals surface area contributed by atoms with Crippen LogP contribution in [-0.4, -0.2) is 10.1 Å². The summed E-state index contributed by atoms with van der Waals surface area (Å²) >= 11 is 3.16. The van der Waals surface area contributed by atoms with Gasteiger partial charge in [0.25, 0.3) is 0 Å². The molecule has 2 aromatic heterocycles. The first kappa shape index (κ1) is 8.87. The minimum Gasteiger partial charge on any atom is -0.386 e. The lowest BCUT2D eigenvalue weighted by molar-refractivity contribution is 0.179. The van der Waals surface area contributed by atoms with Gasteiger partial charge in [0, 0.05) is 22.9 Å². The summed E-state index contributed by atoms with van der Waals surface area (Å²) in [6.07, 6.45) is 1.95. The molecule has 1 atom stereocenters. The molecular weight excluding hydrogens is 202 g/mol. The average molecular weight is 211 g/mol. The summed E-state index contributed by atoms with van der Waals surface area (Å²) in [5, 5.41) is 14.4. The van der Waals surface area contributed by atoms with E-state index in [-0.39, 0.29) is 0 Å². The van der Waals surface area contributed by atoms with Crippen molar-refractivity contribution in [3.63, 3.8) is 0 Å². The second kappa shape index (κ2) is 4.00. The van der Waals surface area contributed by atoms with Gasteiger partial charge >= 0.3 is 0 Å². The number of aliphatic hydroxyl groups is 1. The SMILES string of the molecule is OC(Cc1cccs1)c1nccs1. The van der Waals surface area contributed by atoms with Crippen LogP contribution in [0.2, 0.25) is 0 Å². The van der Waals surface area contributed by atoms with E-state index in [0.29, 0.717) is 6.42 Å². The van der Waals surface area contributed by atoms with Gasteiger partial charge in [0.2, 0.25) is 0 Å². The van der Waals surface area contributed by atoms with Crippen LogP contribution >= 0.6 is 22.7 Å². The first-order valence-corrected chi connectivity index (χ1v) is 5.72. The Hall–Kier alpha value is -0.710. The van der Waals surface area contributed by atoms with Crippen LogP contribution in [0, 0.1) is 0 Å². The second-order valence-electron chi connectivity index (χ2n) is 2.67. The topological polar surface area (TPSA) is 33.1 Å². The van der Waals surface area contributed by atoms with Gasteiger partial charge in [-0.1, -0.05) is 6.07 Å². The zero-order chi connectivity index (χ0) is 9.10. The fourth-order valence-electron chi connectivity index (χ4n) is 1.11. The van der Waals surface area contributed by atoms with Crippen molar-refractivity contribution in [3.8, 4) is 0 Å². The van der Waals surface area contributed by atoms with Crippen LogP contribution in [0.15, 0.2) is 29.1 Å². The molecule has 0 saturated carbocycles. The highest BCUT2D eigenvalue weighted by molar-refractivity contribution is 7.10. The van der Waals surface area contributed by atoms with E-state index in [1.54, 1.807) is 17.5 Å². The molecule has 2 heterocycles. The number of aromatic nitrogens is 1. The highest BCUT2D eigenvalue weighted by Gasteiger charge is 2.10. The molecule has 0 saturated heterocycles. The third kappa shape index (κ3) is 2.15. The van der Waals surface area contributed by atoms with Crippen molar-refractivity contribution in [2.75, 3.05) is 0 Å². The second-order valence-corrected chi connectivity index (χ2v) is 4.63. The molecule has 2 rings (SSSR count). The van der Waals surface area contributed by atoms with Gasteiger partial charge in [-0.3, -0.25) is 0 Å². The van der Waals surface area contributed by atoms with Crippen LogP contribution in [0.4, 0.5) is 0 Å². The third-order valence-electron chi connectivity index (χ3n) is 1.71. The van der Waals surface area contributed by atoms with Gasteiger partial charge in [0.1, 0.15) is 11.1 Å². The van der Waals surface area contributed by atoms with Crippen LogP contribution in [0.5, 0.6) is 0 Å². The zero-order valence-corrected chi connectivity index (χ0v) is 8.52. The van der Waals surface area contributed by atoms with Crippen molar-refractivity contribution in [3.05, 3.63) is 39.0 Å². The van der Waals surface area contributed by atoms with Crippen LogP contribution in [0.25, 0.3) is 0 Å². The van der Waals surface area contributed by atoms with Gasteiger partial charge in [-0.05, 0) is 11.4 Å². The molecular formula is C9H9NOS2. The lowest BCUT2D eigenvalue weighted by Gasteiger charge is -2.04. The maximum Gasteiger partial charge on any atom is 0.122 e. The van der Waals surface area contributed by atoms with E-state index >= 15 is 0 Å². The normalized spacial score (nSPS) is 13.0. The Morgan fingerprint density at radius 3 is 2.92 bits per heavy atom. The number of hydrogen-bond donors (Lipinski definition) is 1. The number of rotatable bonds is 3. The minimum atomic E-state index is -0.446. The Labute approximate surface area is 84.5 Å². The first-order valence-electron chi connectivity index (χ1n) is 3.96. The predicted octanol–water partition coefficient (Wildman–Crippen LogP) is 2.48. The average Bonchev–Trinajstić information content (AvgIpc) is 2.74. The Bertz CT molecular complexity index is 342. The Morgan fingerprint density at radius 2 is 2.31 bits per heavy atom. The summed E-state index contributed by atoms with van der Waals surface area (Å²) in [4.78, 5) is 5.27. The molecule has 0 aliphatic rings. The maximum absolute atomic E-state index is 9.74.